The minimum absolute atomic E-state index is 0.693. The SMILES string of the molecule is CCn1nc(C)c(N)c1Nc1cccc2cnccc12. The molecule has 102 valence electrons. The summed E-state index contributed by atoms with van der Waals surface area (Å²) in [5.41, 5.74) is 8.65. The topological polar surface area (TPSA) is 68.8 Å². The van der Waals surface area contributed by atoms with Crippen LogP contribution in [-0.4, -0.2) is 14.8 Å². The van der Waals surface area contributed by atoms with Crippen LogP contribution in [0.4, 0.5) is 17.2 Å². The summed E-state index contributed by atoms with van der Waals surface area (Å²) < 4.78 is 1.88. The van der Waals surface area contributed by atoms with Gasteiger partial charge in [-0.2, -0.15) is 5.10 Å². The Bertz CT molecular complexity index is 755. The molecule has 3 aromatic rings. The molecule has 1 aromatic carbocycles. The van der Waals surface area contributed by atoms with E-state index in [0.717, 1.165) is 34.5 Å². The molecule has 0 bridgehead atoms. The number of fused-ring (bicyclic) bond motifs is 1. The predicted molar refractivity (Wildman–Crippen MR) is 82.1 cm³/mol. The Labute approximate surface area is 117 Å². The first kappa shape index (κ1) is 12.5. The van der Waals surface area contributed by atoms with E-state index in [-0.39, 0.29) is 0 Å². The maximum Gasteiger partial charge on any atom is 0.152 e. The minimum atomic E-state index is 0.693. The fraction of sp³-hybridized carbons (Fsp3) is 0.200. The maximum absolute atomic E-state index is 6.11. The largest absolute Gasteiger partial charge is 0.394 e. The van der Waals surface area contributed by atoms with Crippen LogP contribution >= 0.6 is 0 Å². The van der Waals surface area contributed by atoms with Gasteiger partial charge in [-0.25, -0.2) is 4.68 Å². The molecule has 0 radical (unpaired) electrons. The number of aryl methyl sites for hydroxylation is 2. The van der Waals surface area contributed by atoms with E-state index in [2.05, 4.69) is 15.4 Å². The van der Waals surface area contributed by atoms with E-state index in [0.29, 0.717) is 5.69 Å². The number of aromatic nitrogens is 3. The van der Waals surface area contributed by atoms with Crippen molar-refractivity contribution in [2.45, 2.75) is 20.4 Å². The van der Waals surface area contributed by atoms with Gasteiger partial charge in [0.15, 0.2) is 5.82 Å². The van der Waals surface area contributed by atoms with Gasteiger partial charge in [-0.1, -0.05) is 12.1 Å². The molecule has 0 saturated carbocycles. The highest BCUT2D eigenvalue weighted by Crippen LogP contribution is 2.30. The van der Waals surface area contributed by atoms with Gasteiger partial charge in [-0.3, -0.25) is 4.98 Å². The lowest BCUT2D eigenvalue weighted by molar-refractivity contribution is 0.661. The lowest BCUT2D eigenvalue weighted by Gasteiger charge is -2.11. The Morgan fingerprint density at radius 1 is 1.30 bits per heavy atom. The summed E-state index contributed by atoms with van der Waals surface area (Å²) in [6.45, 7) is 4.73. The zero-order valence-electron chi connectivity index (χ0n) is 11.6. The molecule has 3 rings (SSSR count). The van der Waals surface area contributed by atoms with Crippen LogP contribution in [0, 0.1) is 6.92 Å². The molecular weight excluding hydrogens is 250 g/mol. The van der Waals surface area contributed by atoms with Crippen LogP contribution < -0.4 is 11.1 Å². The molecule has 0 amide bonds. The number of nitrogens with one attached hydrogen (secondary N) is 1. The fourth-order valence-electron chi connectivity index (χ4n) is 2.32. The standard InChI is InChI=1S/C15H17N5/c1-3-20-15(14(16)10(2)19-20)18-13-6-4-5-11-9-17-8-7-12(11)13/h4-9,18H,3,16H2,1-2H3. The number of nitrogens with zero attached hydrogens (tertiary/aromatic N) is 3. The molecule has 0 aliphatic heterocycles. The molecule has 2 aromatic heterocycles. The summed E-state index contributed by atoms with van der Waals surface area (Å²) in [5, 5.41) is 10.0. The Kier molecular flexibility index (Phi) is 3.02. The number of anilines is 3. The smallest absolute Gasteiger partial charge is 0.152 e. The van der Waals surface area contributed by atoms with Crippen LogP contribution in [0.3, 0.4) is 0 Å². The molecular formula is C15H17N5. The van der Waals surface area contributed by atoms with Crippen LogP contribution in [0.1, 0.15) is 12.6 Å². The third-order valence-corrected chi connectivity index (χ3v) is 3.41. The average molecular weight is 267 g/mol. The third kappa shape index (κ3) is 1.97. The third-order valence-electron chi connectivity index (χ3n) is 3.41. The number of hydrogen-bond acceptors (Lipinski definition) is 4. The summed E-state index contributed by atoms with van der Waals surface area (Å²) in [5.74, 6) is 0.842. The molecule has 0 atom stereocenters. The van der Waals surface area contributed by atoms with Crippen molar-refractivity contribution in [3.05, 3.63) is 42.4 Å². The number of benzene rings is 1. The molecule has 0 spiro atoms. The van der Waals surface area contributed by atoms with E-state index < -0.39 is 0 Å². The molecule has 0 saturated heterocycles. The average Bonchev–Trinajstić information content (AvgIpc) is 2.75. The summed E-state index contributed by atoms with van der Waals surface area (Å²) in [6, 6.07) is 8.07. The van der Waals surface area contributed by atoms with Crippen molar-refractivity contribution < 1.29 is 0 Å². The van der Waals surface area contributed by atoms with Gasteiger partial charge in [0.1, 0.15) is 0 Å². The van der Waals surface area contributed by atoms with Crippen LogP contribution in [0.25, 0.3) is 10.8 Å². The van der Waals surface area contributed by atoms with Gasteiger partial charge in [-0.05, 0) is 26.0 Å². The summed E-state index contributed by atoms with van der Waals surface area (Å²) >= 11 is 0. The molecule has 5 nitrogen and oxygen atoms in total. The Morgan fingerprint density at radius 3 is 2.95 bits per heavy atom. The van der Waals surface area contributed by atoms with Crippen molar-refractivity contribution in [1.82, 2.24) is 14.8 Å². The minimum Gasteiger partial charge on any atom is -0.394 e. The maximum atomic E-state index is 6.11. The van der Waals surface area contributed by atoms with E-state index in [1.54, 1.807) is 6.20 Å². The number of nitrogen functional groups attached to an aromatic ring is 1. The van der Waals surface area contributed by atoms with Crippen LogP contribution in [0.5, 0.6) is 0 Å². The molecule has 5 heteroatoms. The van der Waals surface area contributed by atoms with Gasteiger partial charge in [-0.15, -0.1) is 0 Å². The first-order valence-corrected chi connectivity index (χ1v) is 6.63. The van der Waals surface area contributed by atoms with Crippen molar-refractivity contribution in [2.24, 2.45) is 0 Å². The Hall–Kier alpha value is -2.56. The first-order chi connectivity index (χ1) is 9.70. The summed E-state index contributed by atoms with van der Waals surface area (Å²) in [6.07, 6.45) is 3.64. The molecule has 0 unspecified atom stereocenters. The Balaban J connectivity index is 2.10. The van der Waals surface area contributed by atoms with E-state index in [1.165, 1.54) is 0 Å². The molecule has 0 aliphatic rings. The molecule has 0 fully saturated rings. The first-order valence-electron chi connectivity index (χ1n) is 6.63. The lowest BCUT2D eigenvalue weighted by atomic mass is 10.1. The highest BCUT2D eigenvalue weighted by atomic mass is 15.3. The zero-order valence-corrected chi connectivity index (χ0v) is 11.6. The second-order valence-electron chi connectivity index (χ2n) is 4.69. The van der Waals surface area contributed by atoms with Gasteiger partial charge < -0.3 is 11.1 Å². The molecule has 2 heterocycles. The Morgan fingerprint density at radius 2 is 2.15 bits per heavy atom. The van der Waals surface area contributed by atoms with Crippen LogP contribution in [0.2, 0.25) is 0 Å². The van der Waals surface area contributed by atoms with E-state index >= 15 is 0 Å². The number of hydrogen-bond donors (Lipinski definition) is 2. The highest BCUT2D eigenvalue weighted by molar-refractivity contribution is 5.95. The second kappa shape index (κ2) is 4.85. The van der Waals surface area contributed by atoms with E-state index in [4.69, 9.17) is 5.73 Å². The molecule has 0 aliphatic carbocycles. The molecule has 20 heavy (non-hydrogen) atoms. The summed E-state index contributed by atoms with van der Waals surface area (Å²) in [7, 11) is 0. The van der Waals surface area contributed by atoms with Gasteiger partial charge in [0.2, 0.25) is 0 Å². The molecule has 3 N–H and O–H groups in total. The van der Waals surface area contributed by atoms with Crippen molar-refractivity contribution in [1.29, 1.82) is 0 Å². The van der Waals surface area contributed by atoms with Gasteiger partial charge in [0, 0.05) is 35.4 Å². The second-order valence-corrected chi connectivity index (χ2v) is 4.69. The van der Waals surface area contributed by atoms with Crippen molar-refractivity contribution >= 4 is 28.0 Å². The van der Waals surface area contributed by atoms with Crippen LogP contribution in [0.15, 0.2) is 36.7 Å². The number of rotatable bonds is 3. The summed E-state index contributed by atoms with van der Waals surface area (Å²) in [4.78, 5) is 4.15. The monoisotopic (exact) mass is 267 g/mol. The van der Waals surface area contributed by atoms with Crippen molar-refractivity contribution in [3.63, 3.8) is 0 Å². The van der Waals surface area contributed by atoms with Gasteiger partial charge in [0.25, 0.3) is 0 Å². The van der Waals surface area contributed by atoms with Gasteiger partial charge >= 0.3 is 0 Å². The fourth-order valence-corrected chi connectivity index (χ4v) is 2.32. The lowest BCUT2D eigenvalue weighted by Crippen LogP contribution is -2.04. The highest BCUT2D eigenvalue weighted by Gasteiger charge is 2.12. The number of pyridine rings is 1. The van der Waals surface area contributed by atoms with Crippen LogP contribution in [-0.2, 0) is 6.54 Å². The normalized spacial score (nSPS) is 10.9. The van der Waals surface area contributed by atoms with E-state index in [1.807, 2.05) is 49.0 Å². The van der Waals surface area contributed by atoms with Crippen molar-refractivity contribution in [2.75, 3.05) is 11.1 Å². The zero-order chi connectivity index (χ0) is 14.1. The van der Waals surface area contributed by atoms with E-state index in [9.17, 15) is 0 Å². The quantitative estimate of drug-likeness (QED) is 0.765. The van der Waals surface area contributed by atoms with Gasteiger partial charge in [0.05, 0.1) is 11.4 Å². The number of nitrogens with two attached hydrogens (primary N) is 1. The predicted octanol–water partition coefficient (Wildman–Crippen LogP) is 3.09. The van der Waals surface area contributed by atoms with Crippen molar-refractivity contribution in [3.8, 4) is 0 Å².